The van der Waals surface area contributed by atoms with Gasteiger partial charge in [-0.25, -0.2) is 13.2 Å². The summed E-state index contributed by atoms with van der Waals surface area (Å²) in [4.78, 5) is 54.8. The molecule has 0 spiro atoms. The number of carbonyl (C=O) groups excluding carboxylic acids is 4. The third-order valence-corrected chi connectivity index (χ3v) is 10.3. The number of hydrogen-bond acceptors (Lipinski definition) is 6. The Morgan fingerprint density at radius 3 is 1.56 bits per heavy atom. The average Bonchev–Trinajstić information content (AvgIpc) is 3.66. The van der Waals surface area contributed by atoms with Gasteiger partial charge >= 0.3 is 11.9 Å². The average molecular weight is 807 g/mol. The second kappa shape index (κ2) is 16.8. The maximum atomic E-state index is 14.0. The number of fused-ring (bicyclic) bond motifs is 6. The highest BCUT2D eigenvalue weighted by Crippen LogP contribution is 2.34. The summed E-state index contributed by atoms with van der Waals surface area (Å²) in [6, 6.07) is 24.5. The highest BCUT2D eigenvalue weighted by atomic mass is 19.1. The highest BCUT2D eigenvalue weighted by molar-refractivity contribution is 6.04. The van der Waals surface area contributed by atoms with Gasteiger partial charge in [-0.05, 0) is 111 Å². The number of nitrogens with zero attached hydrogens (tertiary/aromatic N) is 4. The van der Waals surface area contributed by atoms with Crippen LogP contribution in [0.2, 0.25) is 0 Å². The van der Waals surface area contributed by atoms with Crippen molar-refractivity contribution in [2.75, 3.05) is 19.7 Å². The number of hydrogen-bond donors (Lipinski definition) is 0. The first kappa shape index (κ1) is 40.8. The summed E-state index contributed by atoms with van der Waals surface area (Å²) in [7, 11) is 0. The van der Waals surface area contributed by atoms with Gasteiger partial charge in [0.25, 0.3) is 11.8 Å². The van der Waals surface area contributed by atoms with Crippen LogP contribution in [-0.4, -0.2) is 68.0 Å². The number of esters is 2. The number of amides is 2. The summed E-state index contributed by atoms with van der Waals surface area (Å²) >= 11 is 0. The summed E-state index contributed by atoms with van der Waals surface area (Å²) < 4.78 is 54.9. The van der Waals surface area contributed by atoms with E-state index in [-0.39, 0.29) is 43.1 Å². The topological polar surface area (TPSA) is 103 Å². The van der Waals surface area contributed by atoms with Crippen LogP contribution in [0.3, 0.4) is 0 Å². The normalized spacial score (nSPS) is 13.9. The van der Waals surface area contributed by atoms with Crippen LogP contribution in [0.5, 0.6) is 0 Å². The quantitative estimate of drug-likeness (QED) is 0.137. The second-order valence-electron chi connectivity index (χ2n) is 15.6. The number of rotatable bonds is 9. The standard InChI is InChI=1S/C24H24F2N2O3.C22H21FN2O3/c1-24(2,3)31-21(29)14-28-20-9-8-17(26)12-19(20)18-10-11-27(23(30)22(18)28)13-15-4-6-16(25)7-5-15;1-2-28-20(26)14-25-19-9-8-16(23)12-18(19)17-10-11-24(22(27)21(17)25)13-15-6-4-3-5-7-15/h4-9,12H,10-11,13-14H2,1-3H3;3-9,12H,2,10-11,13-14H2,1H3. The predicted molar refractivity (Wildman–Crippen MR) is 216 cm³/mol. The molecule has 0 fully saturated rings. The zero-order chi connectivity index (χ0) is 42.0. The van der Waals surface area contributed by atoms with Crippen molar-refractivity contribution in [1.29, 1.82) is 0 Å². The second-order valence-corrected chi connectivity index (χ2v) is 15.6. The molecule has 4 heterocycles. The Hall–Kier alpha value is -6.37. The van der Waals surface area contributed by atoms with Gasteiger partial charge in [-0.15, -0.1) is 0 Å². The molecular formula is C46H45F3N4O6. The third kappa shape index (κ3) is 8.89. The first-order chi connectivity index (χ1) is 28.2. The first-order valence-corrected chi connectivity index (χ1v) is 19.6. The van der Waals surface area contributed by atoms with E-state index in [1.807, 2.05) is 30.3 Å². The Labute approximate surface area is 339 Å². The van der Waals surface area contributed by atoms with Crippen molar-refractivity contribution in [3.63, 3.8) is 0 Å². The molecule has 0 saturated heterocycles. The summed E-state index contributed by atoms with van der Waals surface area (Å²) in [5, 5.41) is 1.32. The van der Waals surface area contributed by atoms with Gasteiger partial charge in [0, 0.05) is 48.0 Å². The molecule has 10 nitrogen and oxygen atoms in total. The van der Waals surface area contributed by atoms with Gasteiger partial charge in [-0.1, -0.05) is 42.5 Å². The number of ether oxygens (including phenoxy) is 2. The van der Waals surface area contributed by atoms with Crippen molar-refractivity contribution >= 4 is 45.6 Å². The molecule has 2 amide bonds. The SMILES string of the molecule is CC(C)(C)OC(=O)Cn1c2c(c3cc(F)ccc31)CCN(Cc1ccc(F)cc1)C2=O.CCOC(=O)Cn1c2c(c3cc(F)ccc31)CCN(Cc1ccccc1)C2=O. The van der Waals surface area contributed by atoms with Crippen molar-refractivity contribution in [3.05, 3.63) is 142 Å². The molecule has 13 heteroatoms. The van der Waals surface area contributed by atoms with Gasteiger partial charge in [0.2, 0.25) is 0 Å². The minimum Gasteiger partial charge on any atom is -0.465 e. The van der Waals surface area contributed by atoms with Crippen LogP contribution in [0.4, 0.5) is 13.2 Å². The van der Waals surface area contributed by atoms with E-state index in [1.165, 1.54) is 36.4 Å². The lowest BCUT2D eigenvalue weighted by Crippen LogP contribution is -2.38. The summed E-state index contributed by atoms with van der Waals surface area (Å²) in [6.07, 6.45) is 1.15. The van der Waals surface area contributed by atoms with Crippen molar-refractivity contribution in [3.8, 4) is 0 Å². The fourth-order valence-electron chi connectivity index (χ4n) is 7.87. The van der Waals surface area contributed by atoms with E-state index in [2.05, 4.69) is 0 Å². The molecule has 6 aromatic rings. The van der Waals surface area contributed by atoms with E-state index in [0.717, 1.165) is 22.3 Å². The van der Waals surface area contributed by atoms with E-state index in [1.54, 1.807) is 70.9 Å². The minimum absolute atomic E-state index is 0.0732. The lowest BCUT2D eigenvalue weighted by Gasteiger charge is -2.28. The molecule has 2 aliphatic heterocycles. The van der Waals surface area contributed by atoms with Gasteiger partial charge in [-0.3, -0.25) is 19.2 Å². The lowest BCUT2D eigenvalue weighted by atomic mass is 10.0. The molecule has 0 aliphatic carbocycles. The fraction of sp³-hybridized carbons (Fsp3) is 0.304. The van der Waals surface area contributed by atoms with Gasteiger partial charge in [0.1, 0.15) is 47.5 Å². The van der Waals surface area contributed by atoms with E-state index in [0.29, 0.717) is 72.2 Å². The molecule has 2 aliphatic rings. The molecule has 0 N–H and O–H groups in total. The van der Waals surface area contributed by atoms with Crippen LogP contribution >= 0.6 is 0 Å². The van der Waals surface area contributed by atoms with Crippen LogP contribution in [0.25, 0.3) is 21.8 Å². The molecule has 0 bridgehead atoms. The number of carbonyl (C=O) groups is 4. The smallest absolute Gasteiger partial charge is 0.326 e. The van der Waals surface area contributed by atoms with Gasteiger partial charge in [-0.2, -0.15) is 0 Å². The predicted octanol–water partition coefficient (Wildman–Crippen LogP) is 8.00. The largest absolute Gasteiger partial charge is 0.465 e. The Morgan fingerprint density at radius 2 is 1.08 bits per heavy atom. The molecule has 0 atom stereocenters. The molecule has 306 valence electrons. The first-order valence-electron chi connectivity index (χ1n) is 19.6. The molecular weight excluding hydrogens is 762 g/mol. The van der Waals surface area contributed by atoms with Crippen molar-refractivity contribution in [2.24, 2.45) is 0 Å². The minimum atomic E-state index is -0.662. The Balaban J connectivity index is 0.000000180. The molecule has 0 radical (unpaired) electrons. The van der Waals surface area contributed by atoms with Crippen molar-refractivity contribution in [2.45, 2.75) is 72.3 Å². The fourth-order valence-corrected chi connectivity index (χ4v) is 7.87. The van der Waals surface area contributed by atoms with E-state index < -0.39 is 23.4 Å². The van der Waals surface area contributed by atoms with Gasteiger partial charge in [0.15, 0.2) is 0 Å². The number of benzene rings is 4. The van der Waals surface area contributed by atoms with E-state index in [9.17, 15) is 32.3 Å². The maximum Gasteiger partial charge on any atom is 0.326 e. The number of aromatic nitrogens is 2. The van der Waals surface area contributed by atoms with Crippen LogP contribution in [-0.2, 0) is 58.1 Å². The van der Waals surface area contributed by atoms with Crippen LogP contribution in [0.15, 0.2) is 91.0 Å². The van der Waals surface area contributed by atoms with Crippen molar-refractivity contribution in [1.82, 2.24) is 18.9 Å². The van der Waals surface area contributed by atoms with Gasteiger partial charge in [0.05, 0.1) is 6.61 Å². The molecule has 8 rings (SSSR count). The van der Waals surface area contributed by atoms with E-state index in [4.69, 9.17) is 9.47 Å². The molecule has 4 aromatic carbocycles. The Kier molecular flexibility index (Phi) is 11.7. The Bertz CT molecular complexity index is 2560. The Morgan fingerprint density at radius 1 is 0.627 bits per heavy atom. The molecule has 0 saturated carbocycles. The zero-order valence-corrected chi connectivity index (χ0v) is 33.4. The monoisotopic (exact) mass is 806 g/mol. The summed E-state index contributed by atoms with van der Waals surface area (Å²) in [5.41, 5.74) is 4.84. The van der Waals surface area contributed by atoms with Crippen LogP contribution in [0, 0.1) is 17.5 Å². The lowest BCUT2D eigenvalue weighted by molar-refractivity contribution is -0.155. The van der Waals surface area contributed by atoms with Gasteiger partial charge < -0.3 is 28.4 Å². The summed E-state index contributed by atoms with van der Waals surface area (Å²) in [5.74, 6) is -2.37. The number of halogens is 3. The van der Waals surface area contributed by atoms with E-state index >= 15 is 0 Å². The van der Waals surface area contributed by atoms with Crippen LogP contribution < -0.4 is 0 Å². The molecule has 2 aromatic heterocycles. The highest BCUT2D eigenvalue weighted by Gasteiger charge is 2.34. The molecule has 59 heavy (non-hydrogen) atoms. The molecule has 0 unspecified atom stereocenters. The van der Waals surface area contributed by atoms with Crippen LogP contribution in [0.1, 0.15) is 70.9 Å². The summed E-state index contributed by atoms with van der Waals surface area (Å²) in [6.45, 7) is 8.93. The maximum absolute atomic E-state index is 14.0. The third-order valence-electron chi connectivity index (χ3n) is 10.3. The van der Waals surface area contributed by atoms with Crippen molar-refractivity contribution < 1.29 is 41.8 Å². The zero-order valence-electron chi connectivity index (χ0n) is 33.4.